The summed E-state index contributed by atoms with van der Waals surface area (Å²) in [4.78, 5) is 1.40. The Hall–Kier alpha value is -1.84. The van der Waals surface area contributed by atoms with Crippen molar-refractivity contribution in [1.82, 2.24) is 5.32 Å². The third kappa shape index (κ3) is 2.43. The van der Waals surface area contributed by atoms with Gasteiger partial charge < -0.3 is 10.1 Å². The second-order valence-electron chi connectivity index (χ2n) is 5.35. The quantitative estimate of drug-likeness (QED) is 0.751. The van der Waals surface area contributed by atoms with E-state index in [-0.39, 0.29) is 6.10 Å². The van der Waals surface area contributed by atoms with Crippen LogP contribution in [0.25, 0.3) is 10.8 Å². The smallest absolute Gasteiger partial charge is 0.128 e. The first kappa shape index (κ1) is 12.9. The Morgan fingerprint density at radius 1 is 1.05 bits per heavy atom. The van der Waals surface area contributed by atoms with Gasteiger partial charge in [-0.1, -0.05) is 36.4 Å². The van der Waals surface area contributed by atoms with E-state index in [1.54, 1.807) is 0 Å². The average Bonchev–Trinajstić information content (AvgIpc) is 2.91. The first-order chi connectivity index (χ1) is 10.4. The number of nitrogens with one attached hydrogen (secondary N) is 1. The molecule has 2 aromatic carbocycles. The van der Waals surface area contributed by atoms with Crippen LogP contribution in [0.3, 0.4) is 0 Å². The Labute approximate surface area is 128 Å². The molecule has 106 valence electrons. The van der Waals surface area contributed by atoms with Crippen LogP contribution in [0.5, 0.6) is 5.75 Å². The summed E-state index contributed by atoms with van der Waals surface area (Å²) >= 11 is 1.81. The van der Waals surface area contributed by atoms with Gasteiger partial charge in [0.2, 0.25) is 0 Å². The van der Waals surface area contributed by atoms with Crippen molar-refractivity contribution < 1.29 is 4.74 Å². The number of hydrogen-bond acceptors (Lipinski definition) is 3. The molecule has 1 aliphatic heterocycles. The lowest BCUT2D eigenvalue weighted by Crippen LogP contribution is -2.14. The minimum Gasteiger partial charge on any atom is -0.485 e. The number of fused-ring (bicyclic) bond motifs is 2. The summed E-state index contributed by atoms with van der Waals surface area (Å²) in [6.45, 7) is 1.96. The van der Waals surface area contributed by atoms with Crippen molar-refractivity contribution in [3.63, 3.8) is 0 Å². The summed E-state index contributed by atoms with van der Waals surface area (Å²) in [7, 11) is 0. The molecule has 0 bridgehead atoms. The van der Waals surface area contributed by atoms with Crippen LogP contribution in [0.1, 0.15) is 23.0 Å². The highest BCUT2D eigenvalue weighted by Crippen LogP contribution is 2.34. The van der Waals surface area contributed by atoms with Crippen molar-refractivity contribution in [1.29, 1.82) is 0 Å². The first-order valence-corrected chi connectivity index (χ1v) is 8.21. The summed E-state index contributed by atoms with van der Waals surface area (Å²) in [5.41, 5.74) is 1.35. The molecular weight excluding hydrogens is 278 g/mol. The predicted octanol–water partition coefficient (Wildman–Crippen LogP) is 4.51. The SMILES string of the molecule is c1ccc2c(OC3CCNCc4sccc43)cccc2c1. The van der Waals surface area contributed by atoms with Gasteiger partial charge in [-0.15, -0.1) is 11.3 Å². The van der Waals surface area contributed by atoms with E-state index in [9.17, 15) is 0 Å². The van der Waals surface area contributed by atoms with Crippen molar-refractivity contribution in [2.75, 3.05) is 6.54 Å². The van der Waals surface area contributed by atoms with Gasteiger partial charge in [0.25, 0.3) is 0 Å². The van der Waals surface area contributed by atoms with Gasteiger partial charge in [0.05, 0.1) is 0 Å². The summed E-state index contributed by atoms with van der Waals surface area (Å²) in [6, 6.07) is 16.9. The van der Waals surface area contributed by atoms with Gasteiger partial charge >= 0.3 is 0 Å². The number of hydrogen-bond donors (Lipinski definition) is 1. The van der Waals surface area contributed by atoms with Gasteiger partial charge in [0.1, 0.15) is 11.9 Å². The highest BCUT2D eigenvalue weighted by atomic mass is 32.1. The Morgan fingerprint density at radius 3 is 2.95 bits per heavy atom. The van der Waals surface area contributed by atoms with E-state index in [1.165, 1.54) is 21.2 Å². The molecule has 2 heterocycles. The van der Waals surface area contributed by atoms with Crippen LogP contribution in [0.2, 0.25) is 0 Å². The lowest BCUT2D eigenvalue weighted by atomic mass is 10.1. The molecule has 0 saturated carbocycles. The lowest BCUT2D eigenvalue weighted by molar-refractivity contribution is 0.200. The fraction of sp³-hybridized carbons (Fsp3) is 0.222. The molecule has 1 aliphatic rings. The number of benzene rings is 2. The summed E-state index contributed by atoms with van der Waals surface area (Å²) in [5.74, 6) is 0.983. The van der Waals surface area contributed by atoms with Crippen LogP contribution in [0.4, 0.5) is 0 Å². The second kappa shape index (κ2) is 5.51. The molecule has 0 radical (unpaired) electrons. The van der Waals surface area contributed by atoms with Crippen LogP contribution >= 0.6 is 11.3 Å². The molecule has 0 saturated heterocycles. The number of rotatable bonds is 2. The standard InChI is InChI=1S/C18H17NOS/c1-2-6-14-13(4-1)5-3-7-16(14)20-17-8-10-19-12-18-15(17)9-11-21-18/h1-7,9,11,17,19H,8,10,12H2. The molecule has 21 heavy (non-hydrogen) atoms. The van der Waals surface area contributed by atoms with Crippen molar-refractivity contribution in [3.05, 3.63) is 64.4 Å². The maximum absolute atomic E-state index is 6.40. The van der Waals surface area contributed by atoms with Gasteiger partial charge in [-0.05, 0) is 29.4 Å². The zero-order valence-electron chi connectivity index (χ0n) is 11.7. The molecule has 3 aromatic rings. The van der Waals surface area contributed by atoms with Gasteiger partial charge in [0.15, 0.2) is 0 Å². The number of thiophene rings is 1. The molecule has 1 aromatic heterocycles. The zero-order chi connectivity index (χ0) is 14.1. The average molecular weight is 295 g/mol. The summed E-state index contributed by atoms with van der Waals surface area (Å²) in [5, 5.41) is 8.05. The van der Waals surface area contributed by atoms with Crippen LogP contribution in [0.15, 0.2) is 53.9 Å². The maximum Gasteiger partial charge on any atom is 0.128 e. The predicted molar refractivity (Wildman–Crippen MR) is 88.0 cm³/mol. The Kier molecular flexibility index (Phi) is 3.37. The largest absolute Gasteiger partial charge is 0.485 e. The molecular formula is C18H17NOS. The summed E-state index contributed by atoms with van der Waals surface area (Å²) in [6.07, 6.45) is 1.15. The first-order valence-electron chi connectivity index (χ1n) is 7.33. The molecule has 0 spiro atoms. The van der Waals surface area contributed by atoms with Gasteiger partial charge in [-0.25, -0.2) is 0 Å². The van der Waals surface area contributed by atoms with E-state index in [2.05, 4.69) is 59.2 Å². The Morgan fingerprint density at radius 2 is 1.95 bits per heavy atom. The molecule has 1 unspecified atom stereocenters. The Bertz CT molecular complexity index is 759. The molecule has 0 aliphatic carbocycles. The minimum atomic E-state index is 0.145. The highest BCUT2D eigenvalue weighted by molar-refractivity contribution is 7.10. The molecule has 2 nitrogen and oxygen atoms in total. The normalized spacial score (nSPS) is 18.2. The Balaban J connectivity index is 1.72. The third-order valence-corrected chi connectivity index (χ3v) is 4.95. The molecule has 4 rings (SSSR count). The zero-order valence-corrected chi connectivity index (χ0v) is 12.5. The van der Waals surface area contributed by atoms with Crippen molar-refractivity contribution in [3.8, 4) is 5.75 Å². The van der Waals surface area contributed by atoms with Crippen molar-refractivity contribution in [2.45, 2.75) is 19.1 Å². The lowest BCUT2D eigenvalue weighted by Gasteiger charge is -2.19. The maximum atomic E-state index is 6.40. The second-order valence-corrected chi connectivity index (χ2v) is 6.35. The molecule has 1 N–H and O–H groups in total. The highest BCUT2D eigenvalue weighted by Gasteiger charge is 2.21. The van der Waals surface area contributed by atoms with E-state index in [1.807, 2.05) is 11.3 Å². The van der Waals surface area contributed by atoms with Crippen LogP contribution < -0.4 is 10.1 Å². The van der Waals surface area contributed by atoms with E-state index in [0.29, 0.717) is 0 Å². The van der Waals surface area contributed by atoms with E-state index >= 15 is 0 Å². The summed E-state index contributed by atoms with van der Waals surface area (Å²) < 4.78 is 6.40. The molecule has 0 fully saturated rings. The van der Waals surface area contributed by atoms with Crippen molar-refractivity contribution >= 4 is 22.1 Å². The molecule has 0 amide bonds. The van der Waals surface area contributed by atoms with E-state index < -0.39 is 0 Å². The van der Waals surface area contributed by atoms with Crippen LogP contribution in [-0.2, 0) is 6.54 Å². The van der Waals surface area contributed by atoms with Gasteiger partial charge in [-0.2, -0.15) is 0 Å². The van der Waals surface area contributed by atoms with Crippen molar-refractivity contribution in [2.24, 2.45) is 0 Å². The fourth-order valence-corrected chi connectivity index (χ4v) is 3.85. The monoisotopic (exact) mass is 295 g/mol. The van der Waals surface area contributed by atoms with Crippen LogP contribution in [-0.4, -0.2) is 6.54 Å². The van der Waals surface area contributed by atoms with E-state index in [4.69, 9.17) is 4.74 Å². The van der Waals surface area contributed by atoms with Gasteiger partial charge in [0, 0.05) is 28.8 Å². The molecule has 3 heteroatoms. The molecule has 1 atom stereocenters. The number of ether oxygens (including phenoxy) is 1. The van der Waals surface area contributed by atoms with Crippen LogP contribution in [0, 0.1) is 0 Å². The van der Waals surface area contributed by atoms with Gasteiger partial charge in [-0.3, -0.25) is 0 Å². The van der Waals surface area contributed by atoms with E-state index in [0.717, 1.165) is 25.3 Å². The minimum absolute atomic E-state index is 0.145. The fourth-order valence-electron chi connectivity index (χ4n) is 2.95. The third-order valence-electron chi connectivity index (χ3n) is 4.01. The topological polar surface area (TPSA) is 21.3 Å².